The van der Waals surface area contributed by atoms with Crippen LogP contribution in [-0.2, 0) is 12.8 Å². The number of fused-ring (bicyclic) bond motifs is 1. The molecule has 1 aliphatic carbocycles. The molecule has 0 heterocycles. The highest BCUT2D eigenvalue weighted by atomic mass is 79.9. The van der Waals surface area contributed by atoms with Gasteiger partial charge in [-0.05, 0) is 66.1 Å². The lowest BCUT2D eigenvalue weighted by molar-refractivity contribution is 0.684. The molecule has 1 atom stereocenters. The molecule has 0 spiro atoms. The molecule has 3 heteroatoms. The molecule has 20 heavy (non-hydrogen) atoms. The van der Waals surface area contributed by atoms with Crippen molar-refractivity contribution in [1.29, 1.82) is 0 Å². The van der Waals surface area contributed by atoms with Gasteiger partial charge < -0.3 is 0 Å². The van der Waals surface area contributed by atoms with E-state index in [4.69, 9.17) is 23.2 Å². The lowest BCUT2D eigenvalue weighted by Gasteiger charge is -2.19. The topological polar surface area (TPSA) is 0 Å². The fourth-order valence-electron chi connectivity index (χ4n) is 2.82. The van der Waals surface area contributed by atoms with Crippen LogP contribution in [0, 0.1) is 0 Å². The Balaban J connectivity index is 1.95. The predicted octanol–water partition coefficient (Wildman–Crippen LogP) is 6.36. The zero-order valence-corrected chi connectivity index (χ0v) is 14.1. The molecule has 1 unspecified atom stereocenters. The molecule has 2 aromatic rings. The maximum absolute atomic E-state index is 6.09. The second kappa shape index (κ2) is 6.09. The van der Waals surface area contributed by atoms with E-state index in [0.29, 0.717) is 10.0 Å². The van der Waals surface area contributed by atoms with E-state index >= 15 is 0 Å². The highest BCUT2D eigenvalue weighted by Gasteiger charge is 2.15. The van der Waals surface area contributed by atoms with Gasteiger partial charge in [0.25, 0.3) is 0 Å². The molecule has 0 nitrogen and oxygen atoms in total. The van der Waals surface area contributed by atoms with Crippen molar-refractivity contribution in [3.05, 3.63) is 68.7 Å². The molecular weight excluding hydrogens is 355 g/mol. The van der Waals surface area contributed by atoms with E-state index in [1.807, 2.05) is 12.1 Å². The average Bonchev–Trinajstić information content (AvgIpc) is 2.45. The number of rotatable bonds is 2. The Kier molecular flexibility index (Phi) is 4.40. The number of alkyl halides is 1. The second-order valence-corrected chi connectivity index (χ2v) is 7.09. The summed E-state index contributed by atoms with van der Waals surface area (Å²) in [5.41, 5.74) is 5.36. The number of benzene rings is 2. The van der Waals surface area contributed by atoms with Gasteiger partial charge in [0, 0.05) is 10.0 Å². The quantitative estimate of drug-likeness (QED) is 0.540. The van der Waals surface area contributed by atoms with Crippen LogP contribution in [0.4, 0.5) is 0 Å². The maximum atomic E-state index is 6.09. The van der Waals surface area contributed by atoms with Gasteiger partial charge in [0.1, 0.15) is 0 Å². The minimum absolute atomic E-state index is 0.130. The normalized spacial score (nSPS) is 15.8. The third-order valence-corrected chi connectivity index (χ3v) is 5.34. The van der Waals surface area contributed by atoms with Crippen molar-refractivity contribution in [3.8, 4) is 0 Å². The van der Waals surface area contributed by atoms with E-state index in [1.165, 1.54) is 42.4 Å². The van der Waals surface area contributed by atoms with Gasteiger partial charge in [0.2, 0.25) is 0 Å². The number of halogens is 3. The fraction of sp³-hybridized carbons (Fsp3) is 0.294. The van der Waals surface area contributed by atoms with Crippen LogP contribution < -0.4 is 0 Å². The Morgan fingerprint density at radius 2 is 1.45 bits per heavy atom. The lowest BCUT2D eigenvalue weighted by atomic mass is 9.89. The van der Waals surface area contributed by atoms with Gasteiger partial charge in [-0.1, -0.05) is 57.3 Å². The standard InChI is InChI=1S/C17H15BrCl2/c18-17(14-8-15(19)10-16(20)9-14)13-6-5-11-3-1-2-4-12(11)7-13/h5-10,17H,1-4H2. The molecule has 3 rings (SSSR count). The van der Waals surface area contributed by atoms with Gasteiger partial charge in [-0.3, -0.25) is 0 Å². The van der Waals surface area contributed by atoms with Gasteiger partial charge in [0.15, 0.2) is 0 Å². The molecular formula is C17H15BrCl2. The van der Waals surface area contributed by atoms with E-state index in [9.17, 15) is 0 Å². The van der Waals surface area contributed by atoms with Crippen LogP contribution in [0.1, 0.15) is 39.9 Å². The summed E-state index contributed by atoms with van der Waals surface area (Å²) in [6, 6.07) is 12.5. The lowest BCUT2D eigenvalue weighted by Crippen LogP contribution is -2.04. The molecule has 0 bridgehead atoms. The van der Waals surface area contributed by atoms with Crippen LogP contribution >= 0.6 is 39.1 Å². The Morgan fingerprint density at radius 3 is 2.15 bits per heavy atom. The molecule has 104 valence electrons. The Bertz CT molecular complexity index is 617. The maximum Gasteiger partial charge on any atom is 0.0645 e. The number of aryl methyl sites for hydroxylation is 2. The van der Waals surface area contributed by atoms with Crippen molar-refractivity contribution >= 4 is 39.1 Å². The summed E-state index contributed by atoms with van der Waals surface area (Å²) in [4.78, 5) is 0.130. The van der Waals surface area contributed by atoms with Gasteiger partial charge in [-0.25, -0.2) is 0 Å². The fourth-order valence-corrected chi connectivity index (χ4v) is 3.92. The van der Waals surface area contributed by atoms with Gasteiger partial charge in [-0.15, -0.1) is 0 Å². The van der Waals surface area contributed by atoms with Gasteiger partial charge >= 0.3 is 0 Å². The molecule has 0 saturated carbocycles. The summed E-state index contributed by atoms with van der Waals surface area (Å²) >= 11 is 16.0. The summed E-state index contributed by atoms with van der Waals surface area (Å²) < 4.78 is 0. The van der Waals surface area contributed by atoms with Crippen molar-refractivity contribution in [1.82, 2.24) is 0 Å². The molecule has 0 aromatic heterocycles. The molecule has 0 saturated heterocycles. The molecule has 2 aromatic carbocycles. The summed E-state index contributed by atoms with van der Waals surface area (Å²) in [5, 5.41) is 1.35. The summed E-state index contributed by atoms with van der Waals surface area (Å²) in [6.45, 7) is 0. The summed E-state index contributed by atoms with van der Waals surface area (Å²) in [5.74, 6) is 0. The second-order valence-electron chi connectivity index (χ2n) is 5.30. The van der Waals surface area contributed by atoms with Crippen molar-refractivity contribution in [2.24, 2.45) is 0 Å². The van der Waals surface area contributed by atoms with Crippen molar-refractivity contribution < 1.29 is 0 Å². The predicted molar refractivity (Wildman–Crippen MR) is 90.3 cm³/mol. The minimum Gasteiger partial charge on any atom is -0.0843 e. The highest BCUT2D eigenvalue weighted by molar-refractivity contribution is 9.09. The molecule has 0 aliphatic heterocycles. The Labute approximate surface area is 138 Å². The largest absolute Gasteiger partial charge is 0.0843 e. The van der Waals surface area contributed by atoms with Crippen molar-refractivity contribution in [2.75, 3.05) is 0 Å². The number of hydrogen-bond acceptors (Lipinski definition) is 0. The molecule has 1 aliphatic rings. The van der Waals surface area contributed by atoms with E-state index in [1.54, 1.807) is 6.07 Å². The van der Waals surface area contributed by atoms with E-state index in [-0.39, 0.29) is 4.83 Å². The van der Waals surface area contributed by atoms with E-state index in [0.717, 1.165) is 5.56 Å². The smallest absolute Gasteiger partial charge is 0.0645 e. The highest BCUT2D eigenvalue weighted by Crippen LogP contribution is 2.35. The monoisotopic (exact) mass is 368 g/mol. The number of hydrogen-bond donors (Lipinski definition) is 0. The molecule has 0 amide bonds. The Morgan fingerprint density at radius 1 is 0.800 bits per heavy atom. The third-order valence-electron chi connectivity index (χ3n) is 3.84. The van der Waals surface area contributed by atoms with Crippen LogP contribution in [0.5, 0.6) is 0 Å². The first-order valence-electron chi connectivity index (χ1n) is 6.85. The zero-order chi connectivity index (χ0) is 14.1. The molecule has 0 radical (unpaired) electrons. The molecule has 0 fully saturated rings. The average molecular weight is 370 g/mol. The first-order valence-corrected chi connectivity index (χ1v) is 8.52. The first-order chi connectivity index (χ1) is 9.63. The van der Waals surface area contributed by atoms with Crippen molar-refractivity contribution in [3.63, 3.8) is 0 Å². The summed E-state index contributed by atoms with van der Waals surface area (Å²) in [6.07, 6.45) is 5.02. The van der Waals surface area contributed by atoms with Crippen LogP contribution in [0.15, 0.2) is 36.4 Å². The van der Waals surface area contributed by atoms with E-state index < -0.39 is 0 Å². The van der Waals surface area contributed by atoms with Crippen LogP contribution in [0.25, 0.3) is 0 Å². The van der Waals surface area contributed by atoms with Crippen LogP contribution in [0.3, 0.4) is 0 Å². The Hall–Kier alpha value is -0.500. The van der Waals surface area contributed by atoms with E-state index in [2.05, 4.69) is 34.1 Å². The van der Waals surface area contributed by atoms with Gasteiger partial charge in [-0.2, -0.15) is 0 Å². The third kappa shape index (κ3) is 3.05. The molecule has 0 N–H and O–H groups in total. The van der Waals surface area contributed by atoms with Crippen molar-refractivity contribution in [2.45, 2.75) is 30.5 Å². The van der Waals surface area contributed by atoms with Crippen LogP contribution in [0.2, 0.25) is 10.0 Å². The van der Waals surface area contributed by atoms with Crippen LogP contribution in [-0.4, -0.2) is 0 Å². The minimum atomic E-state index is 0.130. The first kappa shape index (κ1) is 14.4. The summed E-state index contributed by atoms with van der Waals surface area (Å²) in [7, 11) is 0. The SMILES string of the molecule is Clc1cc(Cl)cc(C(Br)c2ccc3c(c2)CCCC3)c1. The zero-order valence-electron chi connectivity index (χ0n) is 11.0. The van der Waals surface area contributed by atoms with Gasteiger partial charge in [0.05, 0.1) is 4.83 Å².